The summed E-state index contributed by atoms with van der Waals surface area (Å²) in [6, 6.07) is 2.06. The van der Waals surface area contributed by atoms with Crippen molar-refractivity contribution in [3.8, 4) is 0 Å². The molecule has 1 aromatic heterocycles. The molecule has 1 rings (SSSR count). The molecule has 1 heterocycles. The van der Waals surface area contributed by atoms with Gasteiger partial charge in [-0.1, -0.05) is 0 Å². The standard InChI is InChI=1S/C11H22N4O/c1-10-8-11(15-14-10)9-13-5-3-4-12-6-7-16-2/h8,12-13H,3-7,9H2,1-2H3,(H,14,15). The van der Waals surface area contributed by atoms with Gasteiger partial charge in [-0.2, -0.15) is 5.10 Å². The van der Waals surface area contributed by atoms with Crippen molar-refractivity contribution in [3.63, 3.8) is 0 Å². The molecular formula is C11H22N4O. The molecule has 0 aliphatic rings. The second kappa shape index (κ2) is 8.27. The predicted molar refractivity (Wildman–Crippen MR) is 64.4 cm³/mol. The third-order valence-electron chi connectivity index (χ3n) is 2.26. The van der Waals surface area contributed by atoms with Crippen molar-refractivity contribution in [2.24, 2.45) is 0 Å². The lowest BCUT2D eigenvalue weighted by Gasteiger charge is -2.04. The molecule has 0 bridgehead atoms. The van der Waals surface area contributed by atoms with E-state index in [0.29, 0.717) is 0 Å². The molecule has 5 heteroatoms. The second-order valence-electron chi connectivity index (χ2n) is 3.82. The van der Waals surface area contributed by atoms with Gasteiger partial charge in [0.15, 0.2) is 0 Å². The van der Waals surface area contributed by atoms with Crippen LogP contribution >= 0.6 is 0 Å². The van der Waals surface area contributed by atoms with Crippen molar-refractivity contribution in [2.75, 3.05) is 33.4 Å². The maximum atomic E-state index is 4.94. The van der Waals surface area contributed by atoms with Crippen LogP contribution in [0.25, 0.3) is 0 Å². The normalized spacial score (nSPS) is 10.9. The van der Waals surface area contributed by atoms with E-state index in [4.69, 9.17) is 4.74 Å². The lowest BCUT2D eigenvalue weighted by Crippen LogP contribution is -2.24. The van der Waals surface area contributed by atoms with Gasteiger partial charge in [0.2, 0.25) is 0 Å². The van der Waals surface area contributed by atoms with Crippen LogP contribution in [-0.2, 0) is 11.3 Å². The van der Waals surface area contributed by atoms with Gasteiger partial charge in [-0.25, -0.2) is 0 Å². The minimum absolute atomic E-state index is 0.778. The first-order valence-corrected chi connectivity index (χ1v) is 5.74. The molecule has 5 nitrogen and oxygen atoms in total. The van der Waals surface area contributed by atoms with Crippen LogP contribution in [0.3, 0.4) is 0 Å². The summed E-state index contributed by atoms with van der Waals surface area (Å²) in [5.74, 6) is 0. The molecule has 0 aliphatic carbocycles. The van der Waals surface area contributed by atoms with Crippen molar-refractivity contribution >= 4 is 0 Å². The zero-order valence-corrected chi connectivity index (χ0v) is 10.2. The topological polar surface area (TPSA) is 62.0 Å². The molecule has 0 atom stereocenters. The molecule has 92 valence electrons. The molecule has 0 saturated carbocycles. The van der Waals surface area contributed by atoms with E-state index in [-0.39, 0.29) is 0 Å². The van der Waals surface area contributed by atoms with Crippen LogP contribution in [0, 0.1) is 6.92 Å². The van der Waals surface area contributed by atoms with E-state index in [2.05, 4.69) is 26.9 Å². The number of nitrogens with zero attached hydrogens (tertiary/aromatic N) is 1. The van der Waals surface area contributed by atoms with Crippen LogP contribution in [0.1, 0.15) is 17.8 Å². The minimum atomic E-state index is 0.778. The number of aryl methyl sites for hydroxylation is 1. The Morgan fingerprint density at radius 3 is 2.81 bits per heavy atom. The van der Waals surface area contributed by atoms with E-state index in [9.17, 15) is 0 Å². The zero-order chi connectivity index (χ0) is 11.6. The van der Waals surface area contributed by atoms with Gasteiger partial charge in [0.1, 0.15) is 0 Å². The lowest BCUT2D eigenvalue weighted by atomic mass is 10.3. The minimum Gasteiger partial charge on any atom is -0.383 e. The number of nitrogens with one attached hydrogen (secondary N) is 3. The van der Waals surface area contributed by atoms with Gasteiger partial charge in [-0.15, -0.1) is 0 Å². The van der Waals surface area contributed by atoms with E-state index >= 15 is 0 Å². The molecule has 0 aliphatic heterocycles. The molecule has 16 heavy (non-hydrogen) atoms. The second-order valence-corrected chi connectivity index (χ2v) is 3.82. The Morgan fingerprint density at radius 2 is 2.12 bits per heavy atom. The van der Waals surface area contributed by atoms with E-state index in [1.165, 1.54) is 0 Å². The summed E-state index contributed by atoms with van der Waals surface area (Å²) in [7, 11) is 1.72. The van der Waals surface area contributed by atoms with Crippen LogP contribution in [0.2, 0.25) is 0 Å². The van der Waals surface area contributed by atoms with E-state index < -0.39 is 0 Å². The van der Waals surface area contributed by atoms with Crippen molar-refractivity contribution in [2.45, 2.75) is 19.9 Å². The largest absolute Gasteiger partial charge is 0.383 e. The van der Waals surface area contributed by atoms with Crippen molar-refractivity contribution in [1.82, 2.24) is 20.8 Å². The SMILES string of the molecule is COCCNCCCNCc1cc(C)[nH]n1. The number of aromatic nitrogens is 2. The van der Waals surface area contributed by atoms with Crippen molar-refractivity contribution < 1.29 is 4.74 Å². The molecule has 3 N–H and O–H groups in total. The summed E-state index contributed by atoms with van der Waals surface area (Å²) in [5, 5.41) is 13.7. The number of H-pyrrole nitrogens is 1. The maximum Gasteiger partial charge on any atom is 0.0762 e. The maximum absolute atomic E-state index is 4.94. The van der Waals surface area contributed by atoms with E-state index in [0.717, 1.165) is 50.6 Å². The van der Waals surface area contributed by atoms with E-state index in [1.807, 2.05) is 6.92 Å². The van der Waals surface area contributed by atoms with Gasteiger partial charge in [0, 0.05) is 25.9 Å². The molecule has 1 aromatic rings. The van der Waals surface area contributed by atoms with Gasteiger partial charge < -0.3 is 15.4 Å². The highest BCUT2D eigenvalue weighted by molar-refractivity contribution is 5.05. The molecule has 0 unspecified atom stereocenters. The Hall–Kier alpha value is -0.910. The Labute approximate surface area is 97.0 Å². The van der Waals surface area contributed by atoms with Gasteiger partial charge in [-0.3, -0.25) is 5.10 Å². The summed E-state index contributed by atoms with van der Waals surface area (Å²) in [5.41, 5.74) is 2.18. The average Bonchev–Trinajstić information content (AvgIpc) is 2.68. The fraction of sp³-hybridized carbons (Fsp3) is 0.727. The predicted octanol–water partition coefficient (Wildman–Crippen LogP) is 0.434. The Balaban J connectivity index is 1.88. The molecule has 0 aromatic carbocycles. The van der Waals surface area contributed by atoms with Gasteiger partial charge >= 0.3 is 0 Å². The van der Waals surface area contributed by atoms with Gasteiger partial charge in [-0.05, 0) is 32.5 Å². The monoisotopic (exact) mass is 226 g/mol. The fourth-order valence-corrected chi connectivity index (χ4v) is 1.42. The number of hydrogen-bond donors (Lipinski definition) is 3. The highest BCUT2D eigenvalue weighted by Gasteiger charge is 1.96. The van der Waals surface area contributed by atoms with Crippen molar-refractivity contribution in [1.29, 1.82) is 0 Å². The summed E-state index contributed by atoms with van der Waals surface area (Å²) < 4.78 is 4.94. The summed E-state index contributed by atoms with van der Waals surface area (Å²) >= 11 is 0. The number of hydrogen-bond acceptors (Lipinski definition) is 4. The van der Waals surface area contributed by atoms with Gasteiger partial charge in [0.25, 0.3) is 0 Å². The number of aromatic amines is 1. The number of methoxy groups -OCH3 is 1. The average molecular weight is 226 g/mol. The van der Waals surface area contributed by atoms with Gasteiger partial charge in [0.05, 0.1) is 12.3 Å². The number of rotatable bonds is 9. The third kappa shape index (κ3) is 5.85. The Bertz CT molecular complexity index is 275. The quantitative estimate of drug-likeness (QED) is 0.535. The van der Waals surface area contributed by atoms with Crippen molar-refractivity contribution in [3.05, 3.63) is 17.5 Å². The van der Waals surface area contributed by atoms with Crippen LogP contribution in [-0.4, -0.2) is 43.5 Å². The van der Waals surface area contributed by atoms with Crippen LogP contribution in [0.5, 0.6) is 0 Å². The Morgan fingerprint density at radius 1 is 1.31 bits per heavy atom. The van der Waals surface area contributed by atoms with Crippen LogP contribution in [0.4, 0.5) is 0 Å². The lowest BCUT2D eigenvalue weighted by molar-refractivity contribution is 0.199. The molecule has 0 spiro atoms. The smallest absolute Gasteiger partial charge is 0.0762 e. The molecular weight excluding hydrogens is 204 g/mol. The van der Waals surface area contributed by atoms with Crippen LogP contribution < -0.4 is 10.6 Å². The molecule has 0 saturated heterocycles. The fourth-order valence-electron chi connectivity index (χ4n) is 1.42. The van der Waals surface area contributed by atoms with E-state index in [1.54, 1.807) is 7.11 Å². The molecule has 0 fully saturated rings. The highest BCUT2D eigenvalue weighted by atomic mass is 16.5. The first kappa shape index (κ1) is 13.2. The first-order chi connectivity index (χ1) is 7.83. The Kier molecular flexibility index (Phi) is 6.80. The summed E-state index contributed by atoms with van der Waals surface area (Å²) in [6.07, 6.45) is 1.12. The zero-order valence-electron chi connectivity index (χ0n) is 10.2. The first-order valence-electron chi connectivity index (χ1n) is 5.74. The highest BCUT2D eigenvalue weighted by Crippen LogP contribution is 1.96. The molecule has 0 radical (unpaired) electrons. The summed E-state index contributed by atoms with van der Waals surface area (Å²) in [4.78, 5) is 0. The summed E-state index contributed by atoms with van der Waals surface area (Å²) in [6.45, 7) is 6.58. The molecule has 0 amide bonds. The third-order valence-corrected chi connectivity index (χ3v) is 2.26. The van der Waals surface area contributed by atoms with Crippen LogP contribution in [0.15, 0.2) is 6.07 Å². The number of ether oxygens (including phenoxy) is 1.